The number of carbonyl (C=O) groups is 1. The molecule has 1 heterocycles. The highest BCUT2D eigenvalue weighted by atomic mass is 16.5. The number of carbonyl (C=O) groups excluding carboxylic acids is 1. The molecule has 0 aliphatic carbocycles. The monoisotopic (exact) mass is 586 g/mol. The maximum Gasteiger partial charge on any atom is 0.248 e. The van der Waals surface area contributed by atoms with E-state index in [1.165, 1.54) is 6.07 Å². The number of aliphatic hydroxyl groups excluding tert-OH is 1. The number of rotatable bonds is 18. The van der Waals surface area contributed by atoms with Crippen molar-refractivity contribution in [3.63, 3.8) is 0 Å². The summed E-state index contributed by atoms with van der Waals surface area (Å²) in [5, 5.41) is 15.0. The molecule has 5 N–H and O–H groups in total. The van der Waals surface area contributed by atoms with Gasteiger partial charge in [0.25, 0.3) is 0 Å². The van der Waals surface area contributed by atoms with Gasteiger partial charge in [-0.1, -0.05) is 55.3 Å². The minimum absolute atomic E-state index is 0.216. The third-order valence-electron chi connectivity index (χ3n) is 7.36. The number of primary amides is 1. The summed E-state index contributed by atoms with van der Waals surface area (Å²) in [5.41, 5.74) is 8.95. The predicted octanol–water partition coefficient (Wildman–Crippen LogP) is 4.54. The number of anilines is 1. The molecule has 43 heavy (non-hydrogen) atoms. The third-order valence-corrected chi connectivity index (χ3v) is 7.36. The summed E-state index contributed by atoms with van der Waals surface area (Å²) in [5.74, 6) is 0.145. The van der Waals surface area contributed by atoms with Crippen LogP contribution in [0.25, 0.3) is 10.9 Å². The van der Waals surface area contributed by atoms with Gasteiger partial charge in [0.05, 0.1) is 18.2 Å². The van der Waals surface area contributed by atoms with Gasteiger partial charge in [0.15, 0.2) is 0 Å². The number of aliphatic hydroxyl groups is 1. The molecule has 0 aliphatic rings. The van der Waals surface area contributed by atoms with E-state index in [-0.39, 0.29) is 5.56 Å². The normalized spacial score (nSPS) is 11.9. The number of nitrogens with zero attached hydrogens (tertiary/aromatic N) is 1. The second-order valence-electron chi connectivity index (χ2n) is 10.6. The van der Waals surface area contributed by atoms with Crippen molar-refractivity contribution >= 4 is 22.5 Å². The largest absolute Gasteiger partial charge is 0.487 e. The van der Waals surface area contributed by atoms with Crippen LogP contribution < -0.4 is 26.2 Å². The van der Waals surface area contributed by atoms with Crippen LogP contribution >= 0.6 is 0 Å². The molecule has 0 aliphatic heterocycles. The average molecular weight is 587 g/mol. The fourth-order valence-electron chi connectivity index (χ4n) is 4.88. The molecule has 0 fully saturated rings. The van der Waals surface area contributed by atoms with Crippen molar-refractivity contribution in [3.05, 3.63) is 106 Å². The number of pyridine rings is 1. The summed E-state index contributed by atoms with van der Waals surface area (Å²) in [6.07, 6.45) is 3.42. The number of aromatic nitrogens is 1. The van der Waals surface area contributed by atoms with Crippen LogP contribution in [-0.2, 0) is 11.3 Å². The summed E-state index contributed by atoms with van der Waals surface area (Å²) < 4.78 is 11.8. The molecule has 9 heteroatoms. The molecule has 4 aromatic rings. The van der Waals surface area contributed by atoms with Gasteiger partial charge in [-0.3, -0.25) is 9.59 Å². The molecule has 228 valence electrons. The number of aromatic amines is 1. The van der Waals surface area contributed by atoms with Crippen LogP contribution in [0.3, 0.4) is 0 Å². The maximum atomic E-state index is 12.1. The summed E-state index contributed by atoms with van der Waals surface area (Å²) in [6, 6.07) is 24.0. The van der Waals surface area contributed by atoms with E-state index in [1.807, 2.05) is 60.5 Å². The molecule has 3 aromatic carbocycles. The first-order valence-corrected chi connectivity index (χ1v) is 14.8. The van der Waals surface area contributed by atoms with Crippen molar-refractivity contribution < 1.29 is 19.4 Å². The molecule has 0 saturated carbocycles. The number of fused-ring (bicyclic) bond motifs is 1. The molecule has 0 bridgehead atoms. The van der Waals surface area contributed by atoms with E-state index in [2.05, 4.69) is 10.3 Å². The van der Waals surface area contributed by atoms with E-state index in [0.717, 1.165) is 61.0 Å². The van der Waals surface area contributed by atoms with Gasteiger partial charge >= 0.3 is 0 Å². The Morgan fingerprint density at radius 3 is 2.60 bits per heavy atom. The number of H-pyrrole nitrogens is 1. The first-order valence-electron chi connectivity index (χ1n) is 14.8. The summed E-state index contributed by atoms with van der Waals surface area (Å²) >= 11 is 0. The molecule has 0 saturated heterocycles. The second-order valence-corrected chi connectivity index (χ2v) is 10.6. The van der Waals surface area contributed by atoms with Gasteiger partial charge in [-0.25, -0.2) is 0 Å². The van der Waals surface area contributed by atoms with Gasteiger partial charge in [-0.05, 0) is 60.8 Å². The van der Waals surface area contributed by atoms with Gasteiger partial charge in [-0.15, -0.1) is 0 Å². The van der Waals surface area contributed by atoms with Crippen LogP contribution in [0.1, 0.15) is 53.3 Å². The number of benzene rings is 3. The molecule has 1 amide bonds. The van der Waals surface area contributed by atoms with Crippen molar-refractivity contribution in [2.75, 3.05) is 44.8 Å². The number of hydrogen-bond acceptors (Lipinski definition) is 7. The molecule has 9 nitrogen and oxygen atoms in total. The highest BCUT2D eigenvalue weighted by Gasteiger charge is 2.15. The summed E-state index contributed by atoms with van der Waals surface area (Å²) in [4.78, 5) is 28.4. The number of unbranched alkanes of at least 4 members (excludes halogenated alkanes) is 3. The molecule has 0 spiro atoms. The highest BCUT2D eigenvalue weighted by molar-refractivity contribution is 5.93. The molecule has 1 atom stereocenters. The maximum absolute atomic E-state index is 12.1. The Hall–Kier alpha value is -4.18. The lowest BCUT2D eigenvalue weighted by molar-refractivity contribution is 0.1000. The second kappa shape index (κ2) is 16.5. The van der Waals surface area contributed by atoms with Crippen LogP contribution in [0.15, 0.2) is 83.7 Å². The van der Waals surface area contributed by atoms with Crippen LogP contribution in [0, 0.1) is 0 Å². The van der Waals surface area contributed by atoms with Crippen molar-refractivity contribution in [1.82, 2.24) is 10.3 Å². The van der Waals surface area contributed by atoms with Crippen molar-refractivity contribution in [3.8, 4) is 5.75 Å². The van der Waals surface area contributed by atoms with E-state index in [1.54, 1.807) is 24.3 Å². The number of ether oxygens (including phenoxy) is 2. The smallest absolute Gasteiger partial charge is 0.248 e. The zero-order chi connectivity index (χ0) is 30.4. The Balaban J connectivity index is 1.12. The topological polar surface area (TPSA) is 130 Å². The summed E-state index contributed by atoms with van der Waals surface area (Å²) in [6.45, 7) is 3.65. The van der Waals surface area contributed by atoms with E-state index in [0.29, 0.717) is 43.2 Å². The Bertz CT molecular complexity index is 1510. The lowest BCUT2D eigenvalue weighted by Gasteiger charge is -2.19. The Labute approximate surface area is 252 Å². The lowest BCUT2D eigenvalue weighted by Crippen LogP contribution is -2.23. The lowest BCUT2D eigenvalue weighted by atomic mass is 10.0. The third kappa shape index (κ3) is 9.68. The molecular weight excluding hydrogens is 544 g/mol. The van der Waals surface area contributed by atoms with Crippen molar-refractivity contribution in [2.24, 2.45) is 5.73 Å². The molecule has 1 aromatic heterocycles. The fourth-order valence-corrected chi connectivity index (χ4v) is 4.88. The molecule has 1 unspecified atom stereocenters. The SMILES string of the molecule is CN(CCOCCCCCCNCC(O)c1ccc(OCc2ccccc2)c2[nH]c(=O)ccc12)c1cccc(C(N)=O)c1. The van der Waals surface area contributed by atoms with E-state index >= 15 is 0 Å². The van der Waals surface area contributed by atoms with Crippen molar-refractivity contribution in [2.45, 2.75) is 38.4 Å². The fraction of sp³-hybridized carbons (Fsp3) is 0.353. The Morgan fingerprint density at radius 1 is 0.977 bits per heavy atom. The summed E-state index contributed by atoms with van der Waals surface area (Å²) in [7, 11) is 1.97. The minimum atomic E-state index is -0.721. The Kier molecular flexibility index (Phi) is 12.1. The van der Waals surface area contributed by atoms with Crippen molar-refractivity contribution in [1.29, 1.82) is 0 Å². The Morgan fingerprint density at radius 2 is 1.79 bits per heavy atom. The molecule has 4 rings (SSSR count). The molecular formula is C34H42N4O5. The number of nitrogens with two attached hydrogens (primary N) is 1. The van der Waals surface area contributed by atoms with Gasteiger partial charge in [0.1, 0.15) is 12.4 Å². The van der Waals surface area contributed by atoms with E-state index in [9.17, 15) is 14.7 Å². The van der Waals surface area contributed by atoms with Crippen LogP contribution in [0.4, 0.5) is 5.69 Å². The van der Waals surface area contributed by atoms with Gasteiger partial charge < -0.3 is 35.5 Å². The predicted molar refractivity (Wildman–Crippen MR) is 171 cm³/mol. The molecule has 0 radical (unpaired) electrons. The van der Waals surface area contributed by atoms with Crippen LogP contribution in [0.5, 0.6) is 5.75 Å². The van der Waals surface area contributed by atoms with Gasteiger partial charge in [-0.2, -0.15) is 0 Å². The quantitative estimate of drug-likeness (QED) is 0.126. The van der Waals surface area contributed by atoms with Crippen LogP contribution in [-0.4, -0.2) is 55.9 Å². The minimum Gasteiger partial charge on any atom is -0.487 e. The zero-order valence-corrected chi connectivity index (χ0v) is 24.8. The number of likely N-dealkylation sites (N-methyl/N-ethyl adjacent to an activating group) is 1. The average Bonchev–Trinajstić information content (AvgIpc) is 3.02. The first kappa shape index (κ1) is 31.7. The number of nitrogens with one attached hydrogen (secondary N) is 2. The zero-order valence-electron chi connectivity index (χ0n) is 24.8. The number of hydrogen-bond donors (Lipinski definition) is 4. The highest BCUT2D eigenvalue weighted by Crippen LogP contribution is 2.30. The van der Waals surface area contributed by atoms with Crippen LogP contribution in [0.2, 0.25) is 0 Å². The van der Waals surface area contributed by atoms with E-state index in [4.69, 9.17) is 15.2 Å². The van der Waals surface area contributed by atoms with E-state index < -0.39 is 12.0 Å². The number of amides is 1. The van der Waals surface area contributed by atoms with Gasteiger partial charge in [0, 0.05) is 49.4 Å². The van der Waals surface area contributed by atoms with Gasteiger partial charge in [0.2, 0.25) is 11.5 Å². The standard InChI is InChI=1S/C34H42N4O5/c1-38(27-13-9-12-26(22-27)34(35)41)19-21-42-20-8-3-2-7-18-36-23-30(39)28-14-16-31(33-29(28)15-17-32(40)37-33)43-24-25-10-5-4-6-11-25/h4-6,9-17,22,30,36,39H,2-3,7-8,18-21,23-24H2,1H3,(H2,35,41)(H,37,40). The first-order chi connectivity index (χ1) is 20.9.